The van der Waals surface area contributed by atoms with Crippen molar-refractivity contribution in [3.05, 3.63) is 48.0 Å². The number of hydrogen-bond acceptors (Lipinski definition) is 8. The quantitative estimate of drug-likeness (QED) is 0.330. The Morgan fingerprint density at radius 2 is 1.16 bits per heavy atom. The van der Waals surface area contributed by atoms with E-state index in [9.17, 15) is 0 Å². The van der Waals surface area contributed by atoms with Crippen LogP contribution in [0.4, 0.5) is 0 Å². The van der Waals surface area contributed by atoms with E-state index in [1.54, 1.807) is 12.4 Å². The van der Waals surface area contributed by atoms with Gasteiger partial charge in [0.1, 0.15) is 24.7 Å². The van der Waals surface area contributed by atoms with Crippen LogP contribution in [0.25, 0.3) is 0 Å². The van der Waals surface area contributed by atoms with Crippen LogP contribution < -0.4 is 20.1 Å². The van der Waals surface area contributed by atoms with E-state index >= 15 is 0 Å². The van der Waals surface area contributed by atoms with Crippen LogP contribution in [-0.4, -0.2) is 71.8 Å². The van der Waals surface area contributed by atoms with Crippen molar-refractivity contribution in [2.24, 2.45) is 11.8 Å². The first-order valence-corrected chi connectivity index (χ1v) is 13.6. The molecule has 0 aromatic carbocycles. The number of halogens is 1. The van der Waals surface area contributed by atoms with E-state index in [1.165, 1.54) is 36.8 Å². The van der Waals surface area contributed by atoms with Crippen molar-refractivity contribution in [3.63, 3.8) is 0 Å². The second-order valence-electron chi connectivity index (χ2n) is 10.6. The Kier molecular flexibility index (Phi) is 10.4. The fraction of sp³-hybridized carbons (Fsp3) is 0.643. The lowest BCUT2D eigenvalue weighted by atomic mass is 10.1. The van der Waals surface area contributed by atoms with Gasteiger partial charge in [0.15, 0.2) is 0 Å². The van der Waals surface area contributed by atoms with Gasteiger partial charge in [0.2, 0.25) is 0 Å². The molecule has 2 aromatic rings. The first-order chi connectivity index (χ1) is 17.7. The molecule has 4 fully saturated rings. The molecule has 8 nitrogen and oxygen atoms in total. The summed E-state index contributed by atoms with van der Waals surface area (Å²) in [5.74, 6) is 4.18. The molecule has 4 heterocycles. The van der Waals surface area contributed by atoms with Gasteiger partial charge < -0.3 is 30.3 Å². The summed E-state index contributed by atoms with van der Waals surface area (Å²) < 4.78 is 11.5. The number of nitrogens with zero attached hydrogens (tertiary/aromatic N) is 2. The van der Waals surface area contributed by atoms with Gasteiger partial charge in [-0.05, 0) is 98.5 Å². The molecule has 2 aliphatic carbocycles. The number of aliphatic hydroxyl groups is 2. The lowest BCUT2D eigenvalue weighted by Crippen LogP contribution is -2.46. The highest BCUT2D eigenvalue weighted by Crippen LogP contribution is 2.50. The predicted molar refractivity (Wildman–Crippen MR) is 145 cm³/mol. The van der Waals surface area contributed by atoms with Gasteiger partial charge >= 0.3 is 0 Å². The van der Waals surface area contributed by atoms with Gasteiger partial charge in [-0.15, -0.1) is 12.4 Å². The smallest absolute Gasteiger partial charge is 0.137 e. The highest BCUT2D eigenvalue weighted by Gasteiger charge is 2.38. The number of aliphatic hydroxyl groups excluding tert-OH is 2. The standard InChI is InChI=1S/2C14H20N2O2.ClH/c2*17-4-2-10-6-14(10)11-5-13(8-15-7-11)18-9-12-1-3-16-12;/h2*5,7-8,10,12,14,16-17H,1-4,6,9H2;1H/t2*10-,12-,14-;/m00./s1. The van der Waals surface area contributed by atoms with Gasteiger partial charge in [0.05, 0.1) is 12.4 Å². The first kappa shape index (κ1) is 28.0. The molecule has 0 bridgehead atoms. The Hall–Kier alpha value is -1.97. The Morgan fingerprint density at radius 1 is 0.730 bits per heavy atom. The van der Waals surface area contributed by atoms with Crippen molar-refractivity contribution in [2.45, 2.75) is 62.4 Å². The average molecular weight is 533 g/mol. The second-order valence-corrected chi connectivity index (χ2v) is 10.6. The molecular weight excluding hydrogens is 492 g/mol. The topological polar surface area (TPSA) is 109 Å². The number of rotatable bonds is 12. The Bertz CT molecular complexity index is 897. The fourth-order valence-corrected chi connectivity index (χ4v) is 5.09. The summed E-state index contributed by atoms with van der Waals surface area (Å²) in [4.78, 5) is 8.51. The van der Waals surface area contributed by atoms with Crippen LogP contribution in [0.2, 0.25) is 0 Å². The van der Waals surface area contributed by atoms with Crippen molar-refractivity contribution < 1.29 is 19.7 Å². The Morgan fingerprint density at radius 3 is 1.51 bits per heavy atom. The van der Waals surface area contributed by atoms with Crippen molar-refractivity contribution in [1.82, 2.24) is 20.6 Å². The monoisotopic (exact) mass is 532 g/mol. The van der Waals surface area contributed by atoms with E-state index < -0.39 is 0 Å². The average Bonchev–Trinajstić information content (AvgIpc) is 3.75. The zero-order valence-electron chi connectivity index (χ0n) is 21.4. The summed E-state index contributed by atoms with van der Waals surface area (Å²) in [7, 11) is 0. The summed E-state index contributed by atoms with van der Waals surface area (Å²) in [6.07, 6.45) is 14.0. The Labute approximate surface area is 226 Å². The molecule has 0 radical (unpaired) electrons. The SMILES string of the molecule is Cl.OCC[C@H]1C[C@@H]1c1cncc(OC[C@@H]2CCN2)c1.OCC[C@H]1C[C@@H]1c1cncc(OC[C@@H]2CCN2)c1. The molecule has 6 rings (SSSR count). The molecular formula is C28H41ClN4O4. The molecule has 6 atom stereocenters. The van der Waals surface area contributed by atoms with Gasteiger partial charge in [0.25, 0.3) is 0 Å². The zero-order valence-corrected chi connectivity index (χ0v) is 22.2. The van der Waals surface area contributed by atoms with Crippen LogP contribution in [0.1, 0.15) is 61.5 Å². The van der Waals surface area contributed by atoms with E-state index in [0.29, 0.717) is 35.8 Å². The van der Waals surface area contributed by atoms with Crippen LogP contribution in [-0.2, 0) is 0 Å². The van der Waals surface area contributed by atoms with Crippen LogP contribution in [0.3, 0.4) is 0 Å². The minimum absolute atomic E-state index is 0. The summed E-state index contributed by atoms with van der Waals surface area (Å²) >= 11 is 0. The van der Waals surface area contributed by atoms with Gasteiger partial charge in [-0.3, -0.25) is 9.97 Å². The molecule has 0 amide bonds. The van der Waals surface area contributed by atoms with Gasteiger partial charge in [0, 0.05) is 37.7 Å². The molecule has 4 N–H and O–H groups in total. The molecule has 37 heavy (non-hydrogen) atoms. The minimum atomic E-state index is 0. The molecule has 2 saturated carbocycles. The van der Waals surface area contributed by atoms with E-state index in [1.807, 2.05) is 12.4 Å². The van der Waals surface area contributed by atoms with Crippen molar-refractivity contribution in [2.75, 3.05) is 39.5 Å². The van der Waals surface area contributed by atoms with Crippen LogP contribution in [0, 0.1) is 11.8 Å². The summed E-state index contributed by atoms with van der Waals surface area (Å²) in [6.45, 7) is 4.26. The third kappa shape index (κ3) is 8.01. The molecule has 0 spiro atoms. The van der Waals surface area contributed by atoms with Crippen LogP contribution >= 0.6 is 12.4 Å². The van der Waals surface area contributed by atoms with E-state index in [-0.39, 0.29) is 25.6 Å². The molecule has 204 valence electrons. The van der Waals surface area contributed by atoms with E-state index in [0.717, 1.165) is 50.6 Å². The number of pyridine rings is 2. The normalized spacial score (nSPS) is 28.9. The van der Waals surface area contributed by atoms with Gasteiger partial charge in [-0.25, -0.2) is 0 Å². The van der Waals surface area contributed by atoms with E-state index in [2.05, 4.69) is 32.7 Å². The molecule has 0 unspecified atom stereocenters. The third-order valence-electron chi connectivity index (χ3n) is 7.92. The largest absolute Gasteiger partial charge is 0.490 e. The maximum absolute atomic E-state index is 8.93. The zero-order chi connectivity index (χ0) is 24.7. The fourth-order valence-electron chi connectivity index (χ4n) is 5.09. The number of hydrogen-bond donors (Lipinski definition) is 4. The van der Waals surface area contributed by atoms with Crippen molar-refractivity contribution in [1.29, 1.82) is 0 Å². The van der Waals surface area contributed by atoms with Crippen molar-refractivity contribution >= 4 is 12.4 Å². The molecule has 2 aromatic heterocycles. The summed E-state index contributed by atoms with van der Waals surface area (Å²) in [5.41, 5.74) is 2.51. The highest BCUT2D eigenvalue weighted by atomic mass is 35.5. The first-order valence-electron chi connectivity index (χ1n) is 13.6. The molecule has 4 aliphatic rings. The predicted octanol–water partition coefficient (Wildman–Crippen LogP) is 3.04. The molecule has 2 saturated heterocycles. The lowest BCUT2D eigenvalue weighted by Gasteiger charge is -2.27. The summed E-state index contributed by atoms with van der Waals surface area (Å²) in [6, 6.07) is 5.23. The summed E-state index contributed by atoms with van der Waals surface area (Å²) in [5, 5.41) is 24.5. The number of aromatic nitrogens is 2. The number of nitrogens with one attached hydrogen (secondary N) is 2. The maximum atomic E-state index is 8.93. The maximum Gasteiger partial charge on any atom is 0.137 e. The Balaban J connectivity index is 0.000000168. The van der Waals surface area contributed by atoms with Crippen molar-refractivity contribution in [3.8, 4) is 11.5 Å². The van der Waals surface area contributed by atoms with Gasteiger partial charge in [-0.2, -0.15) is 0 Å². The third-order valence-corrected chi connectivity index (χ3v) is 7.92. The molecule has 2 aliphatic heterocycles. The van der Waals surface area contributed by atoms with Crippen LogP contribution in [0.5, 0.6) is 11.5 Å². The highest BCUT2D eigenvalue weighted by molar-refractivity contribution is 5.85. The molecule has 9 heteroatoms. The van der Waals surface area contributed by atoms with Crippen LogP contribution in [0.15, 0.2) is 36.9 Å². The van der Waals surface area contributed by atoms with E-state index in [4.69, 9.17) is 19.7 Å². The van der Waals surface area contributed by atoms with Gasteiger partial charge in [-0.1, -0.05) is 0 Å². The minimum Gasteiger partial charge on any atom is -0.490 e. The number of ether oxygens (including phenoxy) is 2. The second kappa shape index (κ2) is 13.7. The lowest BCUT2D eigenvalue weighted by molar-refractivity contribution is 0.216.